The predicted octanol–water partition coefficient (Wildman–Crippen LogP) is 3.89. The lowest BCUT2D eigenvalue weighted by atomic mass is 9.93. The van der Waals surface area contributed by atoms with Crippen molar-refractivity contribution in [3.63, 3.8) is 0 Å². The van der Waals surface area contributed by atoms with E-state index in [0.717, 1.165) is 0 Å². The molecule has 1 N–H and O–H groups in total. The van der Waals surface area contributed by atoms with E-state index in [0.29, 0.717) is 38.8 Å². The molecule has 0 bridgehead atoms. The number of nitriles is 1. The lowest BCUT2D eigenvalue weighted by molar-refractivity contribution is -0.136. The number of aryl methyl sites for hydroxylation is 1. The molecule has 0 saturated heterocycles. The van der Waals surface area contributed by atoms with Gasteiger partial charge in [-0.15, -0.1) is 0 Å². The monoisotopic (exact) mass is 395 g/mol. The highest BCUT2D eigenvalue weighted by Crippen LogP contribution is 2.34. The Kier molecular flexibility index (Phi) is 5.43. The molecule has 0 spiro atoms. The van der Waals surface area contributed by atoms with Crippen molar-refractivity contribution in [3.8, 4) is 6.07 Å². The standard InChI is InChI=1S/C21H18FN3O2S/c1-12-7-8-16(10-17(12)22)25-13(2)18(20(26)27-3)19(24-21(25)28)15-6-4-5-14(9-15)11-23/h4-10,19H,1-3H3,(H,24,28)/t19-/m0/s1. The maximum absolute atomic E-state index is 14.1. The van der Waals surface area contributed by atoms with E-state index < -0.39 is 12.0 Å². The smallest absolute Gasteiger partial charge is 0.337 e. The number of allylic oxidation sites excluding steroid dienone is 1. The van der Waals surface area contributed by atoms with Crippen molar-refractivity contribution in [3.05, 3.63) is 76.2 Å². The summed E-state index contributed by atoms with van der Waals surface area (Å²) in [6.45, 7) is 3.41. The van der Waals surface area contributed by atoms with E-state index in [2.05, 4.69) is 11.4 Å². The van der Waals surface area contributed by atoms with Gasteiger partial charge < -0.3 is 10.1 Å². The minimum atomic E-state index is -0.584. The number of hydrogen-bond donors (Lipinski definition) is 1. The quantitative estimate of drug-likeness (QED) is 0.628. The number of methoxy groups -OCH3 is 1. The molecule has 1 atom stereocenters. The molecule has 3 rings (SSSR count). The number of nitrogens with zero attached hydrogens (tertiary/aromatic N) is 2. The van der Waals surface area contributed by atoms with Gasteiger partial charge in [0.2, 0.25) is 0 Å². The van der Waals surface area contributed by atoms with Gasteiger partial charge in [-0.1, -0.05) is 18.2 Å². The topological polar surface area (TPSA) is 65.4 Å². The van der Waals surface area contributed by atoms with E-state index in [4.69, 9.17) is 17.0 Å². The third kappa shape index (κ3) is 3.47. The number of carbonyl (C=O) groups excluding carboxylic acids is 1. The zero-order chi connectivity index (χ0) is 20.4. The van der Waals surface area contributed by atoms with Crippen molar-refractivity contribution in [2.75, 3.05) is 12.0 Å². The Balaban J connectivity index is 2.16. The Morgan fingerprint density at radius 2 is 2.04 bits per heavy atom. The fourth-order valence-corrected chi connectivity index (χ4v) is 3.55. The van der Waals surface area contributed by atoms with Crippen LogP contribution in [0, 0.1) is 24.1 Å². The fraction of sp³-hybridized carbons (Fsp3) is 0.190. The number of thiocarbonyl (C=S) groups is 1. The van der Waals surface area contributed by atoms with Crippen molar-refractivity contribution in [2.45, 2.75) is 19.9 Å². The molecule has 1 aliphatic rings. The Labute approximate surface area is 168 Å². The van der Waals surface area contributed by atoms with Crippen LogP contribution in [0.15, 0.2) is 53.7 Å². The van der Waals surface area contributed by atoms with E-state index in [-0.39, 0.29) is 5.82 Å². The van der Waals surface area contributed by atoms with E-state index in [1.165, 1.54) is 13.2 Å². The molecule has 1 aliphatic heterocycles. The van der Waals surface area contributed by atoms with Gasteiger partial charge in [-0.2, -0.15) is 5.26 Å². The Hall–Kier alpha value is -3.24. The van der Waals surface area contributed by atoms with E-state index in [9.17, 15) is 14.4 Å². The summed E-state index contributed by atoms with van der Waals surface area (Å²) in [5, 5.41) is 12.6. The summed E-state index contributed by atoms with van der Waals surface area (Å²) < 4.78 is 19.1. The molecule has 142 valence electrons. The first-order chi connectivity index (χ1) is 13.4. The predicted molar refractivity (Wildman–Crippen MR) is 108 cm³/mol. The van der Waals surface area contributed by atoms with Crippen LogP contribution in [0.5, 0.6) is 0 Å². The first-order valence-electron chi connectivity index (χ1n) is 8.53. The summed E-state index contributed by atoms with van der Waals surface area (Å²) in [7, 11) is 1.30. The summed E-state index contributed by atoms with van der Waals surface area (Å²) in [5.74, 6) is -0.894. The van der Waals surface area contributed by atoms with Crippen LogP contribution in [0.2, 0.25) is 0 Å². The third-order valence-corrected chi connectivity index (χ3v) is 4.95. The molecule has 2 aromatic rings. The SMILES string of the molecule is COC(=O)C1=C(C)N(c2ccc(C)c(F)c2)C(=S)N[C@H]1c1cccc(C#N)c1. The summed E-state index contributed by atoms with van der Waals surface area (Å²) >= 11 is 5.52. The zero-order valence-electron chi connectivity index (χ0n) is 15.6. The van der Waals surface area contributed by atoms with E-state index in [1.807, 2.05) is 0 Å². The highest BCUT2D eigenvalue weighted by molar-refractivity contribution is 7.80. The van der Waals surface area contributed by atoms with Gasteiger partial charge in [0.05, 0.1) is 36.0 Å². The molecule has 0 saturated carbocycles. The first-order valence-corrected chi connectivity index (χ1v) is 8.94. The molecule has 0 amide bonds. The molecular weight excluding hydrogens is 377 g/mol. The second-order valence-electron chi connectivity index (χ2n) is 6.38. The number of benzene rings is 2. The van der Waals surface area contributed by atoms with Gasteiger partial charge in [0.25, 0.3) is 0 Å². The molecule has 0 aliphatic carbocycles. The molecule has 2 aromatic carbocycles. The van der Waals surface area contributed by atoms with E-state index >= 15 is 0 Å². The Morgan fingerprint density at radius 1 is 1.29 bits per heavy atom. The van der Waals surface area contributed by atoms with Gasteiger partial charge in [-0.25, -0.2) is 9.18 Å². The molecular formula is C21H18FN3O2S. The first kappa shape index (κ1) is 19.5. The maximum atomic E-state index is 14.1. The number of esters is 1. The highest BCUT2D eigenvalue weighted by Gasteiger charge is 2.35. The number of halogens is 1. The lowest BCUT2D eigenvalue weighted by Crippen LogP contribution is -2.48. The summed E-state index contributed by atoms with van der Waals surface area (Å²) in [4.78, 5) is 14.2. The Morgan fingerprint density at radius 3 is 2.68 bits per heavy atom. The van der Waals surface area contributed by atoms with Crippen molar-refractivity contribution in [1.82, 2.24) is 5.32 Å². The van der Waals surface area contributed by atoms with Gasteiger partial charge in [-0.3, -0.25) is 4.90 Å². The normalized spacial score (nSPS) is 16.5. The Bertz CT molecular complexity index is 1040. The lowest BCUT2D eigenvalue weighted by Gasteiger charge is -2.37. The summed E-state index contributed by atoms with van der Waals surface area (Å²) in [6.07, 6.45) is 0. The number of rotatable bonds is 3. The average molecular weight is 395 g/mol. The fourth-order valence-electron chi connectivity index (χ4n) is 3.19. The van der Waals surface area contributed by atoms with Crippen molar-refractivity contribution >= 4 is 29.0 Å². The van der Waals surface area contributed by atoms with Gasteiger partial charge in [0.15, 0.2) is 5.11 Å². The third-order valence-electron chi connectivity index (χ3n) is 4.65. The van der Waals surface area contributed by atoms with Crippen molar-refractivity contribution in [2.24, 2.45) is 0 Å². The van der Waals surface area contributed by atoms with Crippen molar-refractivity contribution in [1.29, 1.82) is 5.26 Å². The minimum Gasteiger partial charge on any atom is -0.466 e. The van der Waals surface area contributed by atoms with Gasteiger partial charge in [0.1, 0.15) is 5.82 Å². The number of anilines is 1. The summed E-state index contributed by atoms with van der Waals surface area (Å²) in [6, 6.07) is 13.2. The van der Waals surface area contributed by atoms with Crippen molar-refractivity contribution < 1.29 is 13.9 Å². The van der Waals surface area contributed by atoms with Crippen LogP contribution in [-0.2, 0) is 9.53 Å². The van der Waals surface area contributed by atoms with Crippen LogP contribution in [0.4, 0.5) is 10.1 Å². The average Bonchev–Trinajstić information content (AvgIpc) is 2.69. The van der Waals surface area contributed by atoms with Gasteiger partial charge in [-0.05, 0) is 61.5 Å². The number of ether oxygens (including phenoxy) is 1. The van der Waals surface area contributed by atoms with Crippen LogP contribution in [0.1, 0.15) is 29.7 Å². The highest BCUT2D eigenvalue weighted by atomic mass is 32.1. The van der Waals surface area contributed by atoms with Gasteiger partial charge in [0, 0.05) is 5.70 Å². The second-order valence-corrected chi connectivity index (χ2v) is 6.77. The number of carbonyl (C=O) groups is 1. The summed E-state index contributed by atoms with van der Waals surface area (Å²) in [5.41, 5.74) is 3.06. The largest absolute Gasteiger partial charge is 0.466 e. The number of hydrogen-bond acceptors (Lipinski definition) is 4. The molecule has 0 fully saturated rings. The molecule has 0 aromatic heterocycles. The van der Waals surface area contributed by atoms with Crippen LogP contribution in [-0.4, -0.2) is 18.2 Å². The second kappa shape index (κ2) is 7.79. The number of nitrogens with one attached hydrogen (secondary N) is 1. The minimum absolute atomic E-state index is 0.320. The molecule has 7 heteroatoms. The molecule has 1 heterocycles. The van der Waals surface area contributed by atoms with Crippen LogP contribution in [0.25, 0.3) is 0 Å². The molecule has 0 unspecified atom stereocenters. The molecule has 0 radical (unpaired) electrons. The molecule has 28 heavy (non-hydrogen) atoms. The molecule has 5 nitrogen and oxygen atoms in total. The van der Waals surface area contributed by atoms with Gasteiger partial charge >= 0.3 is 5.97 Å². The van der Waals surface area contributed by atoms with Crippen LogP contribution < -0.4 is 10.2 Å². The van der Waals surface area contributed by atoms with Crippen LogP contribution >= 0.6 is 12.2 Å². The zero-order valence-corrected chi connectivity index (χ0v) is 16.4. The van der Waals surface area contributed by atoms with E-state index in [1.54, 1.807) is 55.1 Å². The maximum Gasteiger partial charge on any atom is 0.337 e. The van der Waals surface area contributed by atoms with Crippen LogP contribution in [0.3, 0.4) is 0 Å².